The highest BCUT2D eigenvalue weighted by molar-refractivity contribution is 5.87. The van der Waals surface area contributed by atoms with E-state index in [0.29, 0.717) is 0 Å². The molecule has 1 aromatic heterocycles. The van der Waals surface area contributed by atoms with E-state index in [9.17, 15) is 4.79 Å². The number of fused-ring (bicyclic) bond motifs is 1. The summed E-state index contributed by atoms with van der Waals surface area (Å²) in [6, 6.07) is 17.1. The second-order valence-corrected chi connectivity index (χ2v) is 8.15. The molecule has 0 saturated heterocycles. The van der Waals surface area contributed by atoms with Crippen LogP contribution >= 0.6 is 0 Å². The SMILES string of the molecule is CC(C)(C)c1cccc(-c2cc3cc(C4CC4C(=O)O)ccc3[nH]2)c1. The summed E-state index contributed by atoms with van der Waals surface area (Å²) in [5, 5.41) is 10.3. The average molecular weight is 333 g/mol. The summed E-state index contributed by atoms with van der Waals surface area (Å²) in [5.41, 5.74) is 5.93. The number of nitrogens with one attached hydrogen (secondary N) is 1. The molecule has 0 aliphatic heterocycles. The van der Waals surface area contributed by atoms with Gasteiger partial charge >= 0.3 is 5.97 Å². The maximum atomic E-state index is 11.1. The number of benzene rings is 2. The summed E-state index contributed by atoms with van der Waals surface area (Å²) < 4.78 is 0. The summed E-state index contributed by atoms with van der Waals surface area (Å²) in [5.74, 6) is -0.720. The summed E-state index contributed by atoms with van der Waals surface area (Å²) in [7, 11) is 0. The molecule has 4 rings (SSSR count). The van der Waals surface area contributed by atoms with Crippen molar-refractivity contribution in [2.45, 2.75) is 38.5 Å². The first kappa shape index (κ1) is 15.9. The van der Waals surface area contributed by atoms with E-state index >= 15 is 0 Å². The van der Waals surface area contributed by atoms with Gasteiger partial charge in [-0.3, -0.25) is 4.79 Å². The number of aliphatic carboxylic acids is 1. The number of aromatic amines is 1. The molecule has 2 aromatic carbocycles. The number of rotatable bonds is 3. The lowest BCUT2D eigenvalue weighted by molar-refractivity contribution is -0.138. The van der Waals surface area contributed by atoms with Gasteiger partial charge in [0.05, 0.1) is 5.92 Å². The van der Waals surface area contributed by atoms with Gasteiger partial charge in [0.15, 0.2) is 0 Å². The smallest absolute Gasteiger partial charge is 0.307 e. The number of hydrogen-bond acceptors (Lipinski definition) is 1. The van der Waals surface area contributed by atoms with Crippen LogP contribution in [-0.2, 0) is 10.2 Å². The van der Waals surface area contributed by atoms with Crippen molar-refractivity contribution in [1.82, 2.24) is 4.98 Å². The molecule has 2 unspecified atom stereocenters. The van der Waals surface area contributed by atoms with Crippen LogP contribution in [0.1, 0.15) is 44.2 Å². The fourth-order valence-electron chi connectivity index (χ4n) is 3.53. The van der Waals surface area contributed by atoms with Crippen LogP contribution in [0.25, 0.3) is 22.2 Å². The van der Waals surface area contributed by atoms with E-state index < -0.39 is 5.97 Å². The minimum atomic E-state index is -0.682. The highest BCUT2D eigenvalue weighted by Crippen LogP contribution is 2.48. The largest absolute Gasteiger partial charge is 0.481 e. The molecule has 3 nitrogen and oxygen atoms in total. The average Bonchev–Trinajstić information content (AvgIpc) is 3.26. The molecule has 1 heterocycles. The Hall–Kier alpha value is -2.55. The minimum absolute atomic E-state index is 0.118. The summed E-state index contributed by atoms with van der Waals surface area (Å²) in [6.07, 6.45) is 0.756. The molecule has 2 atom stereocenters. The molecule has 3 heteroatoms. The molecule has 3 aromatic rings. The number of hydrogen-bond donors (Lipinski definition) is 2. The number of aromatic nitrogens is 1. The highest BCUT2D eigenvalue weighted by Gasteiger charge is 2.44. The van der Waals surface area contributed by atoms with Gasteiger partial charge in [-0.1, -0.05) is 45.0 Å². The van der Waals surface area contributed by atoms with Crippen LogP contribution < -0.4 is 0 Å². The van der Waals surface area contributed by atoms with E-state index in [0.717, 1.165) is 28.6 Å². The number of carbonyl (C=O) groups is 1. The molecule has 128 valence electrons. The summed E-state index contributed by atoms with van der Waals surface area (Å²) in [6.45, 7) is 6.66. The fraction of sp³-hybridized carbons (Fsp3) is 0.318. The van der Waals surface area contributed by atoms with Crippen molar-refractivity contribution in [2.75, 3.05) is 0 Å². The highest BCUT2D eigenvalue weighted by atomic mass is 16.4. The molecule has 0 bridgehead atoms. The Balaban J connectivity index is 1.69. The van der Waals surface area contributed by atoms with Crippen molar-refractivity contribution in [2.24, 2.45) is 5.92 Å². The molecular weight excluding hydrogens is 310 g/mol. The van der Waals surface area contributed by atoms with Gasteiger partial charge in [-0.2, -0.15) is 0 Å². The van der Waals surface area contributed by atoms with Crippen LogP contribution in [0.4, 0.5) is 0 Å². The number of H-pyrrole nitrogens is 1. The van der Waals surface area contributed by atoms with Gasteiger partial charge in [0.2, 0.25) is 0 Å². The molecule has 2 N–H and O–H groups in total. The van der Waals surface area contributed by atoms with E-state index in [2.05, 4.69) is 74.3 Å². The van der Waals surface area contributed by atoms with Gasteiger partial charge in [-0.25, -0.2) is 0 Å². The molecule has 0 spiro atoms. The Morgan fingerprint density at radius 3 is 2.60 bits per heavy atom. The number of carboxylic acids is 1. The van der Waals surface area contributed by atoms with Gasteiger partial charge in [0.1, 0.15) is 0 Å². The third kappa shape index (κ3) is 2.95. The molecule has 0 radical (unpaired) electrons. The van der Waals surface area contributed by atoms with Gasteiger partial charge in [0.25, 0.3) is 0 Å². The lowest BCUT2D eigenvalue weighted by atomic mass is 9.86. The first-order valence-corrected chi connectivity index (χ1v) is 8.79. The predicted molar refractivity (Wildman–Crippen MR) is 101 cm³/mol. The Labute approximate surface area is 147 Å². The minimum Gasteiger partial charge on any atom is -0.481 e. The van der Waals surface area contributed by atoms with E-state index in [4.69, 9.17) is 5.11 Å². The Morgan fingerprint density at radius 1 is 1.12 bits per heavy atom. The molecule has 25 heavy (non-hydrogen) atoms. The summed E-state index contributed by atoms with van der Waals surface area (Å²) >= 11 is 0. The van der Waals surface area contributed by atoms with Crippen molar-refractivity contribution in [3.8, 4) is 11.3 Å². The standard InChI is InChI=1S/C22H23NO2/c1-22(2,3)16-6-4-5-14(10-16)20-11-15-9-13(7-8-19(15)23-20)17-12-18(17)21(24)25/h4-11,17-18,23H,12H2,1-3H3,(H,24,25). The maximum absolute atomic E-state index is 11.1. The molecule has 1 aliphatic carbocycles. The maximum Gasteiger partial charge on any atom is 0.307 e. The van der Waals surface area contributed by atoms with Crippen molar-refractivity contribution in [1.29, 1.82) is 0 Å². The van der Waals surface area contributed by atoms with Crippen LogP contribution in [0.2, 0.25) is 0 Å². The number of carboxylic acid groups (broad SMARTS) is 1. The zero-order valence-electron chi connectivity index (χ0n) is 14.8. The lowest BCUT2D eigenvalue weighted by Crippen LogP contribution is -2.10. The second kappa shape index (κ2) is 5.48. The Morgan fingerprint density at radius 2 is 1.92 bits per heavy atom. The quantitative estimate of drug-likeness (QED) is 0.681. The first-order chi connectivity index (χ1) is 11.8. The van der Waals surface area contributed by atoms with Crippen LogP contribution in [0.3, 0.4) is 0 Å². The topological polar surface area (TPSA) is 53.1 Å². The van der Waals surface area contributed by atoms with Crippen LogP contribution in [0, 0.1) is 5.92 Å². The zero-order chi connectivity index (χ0) is 17.8. The first-order valence-electron chi connectivity index (χ1n) is 8.79. The van der Waals surface area contributed by atoms with Crippen molar-refractivity contribution >= 4 is 16.9 Å². The van der Waals surface area contributed by atoms with Crippen LogP contribution in [-0.4, -0.2) is 16.1 Å². The van der Waals surface area contributed by atoms with Gasteiger partial charge in [-0.05, 0) is 58.7 Å². The van der Waals surface area contributed by atoms with Crippen LogP contribution in [0.15, 0.2) is 48.5 Å². The van der Waals surface area contributed by atoms with E-state index in [1.807, 2.05) is 0 Å². The fourth-order valence-corrected chi connectivity index (χ4v) is 3.53. The van der Waals surface area contributed by atoms with Crippen LogP contribution in [0.5, 0.6) is 0 Å². The second-order valence-electron chi connectivity index (χ2n) is 8.15. The predicted octanol–water partition coefficient (Wildman–Crippen LogP) is 5.32. The normalized spacial score (nSPS) is 20.0. The summed E-state index contributed by atoms with van der Waals surface area (Å²) in [4.78, 5) is 14.6. The van der Waals surface area contributed by atoms with E-state index in [1.165, 1.54) is 11.1 Å². The monoisotopic (exact) mass is 333 g/mol. The van der Waals surface area contributed by atoms with Gasteiger partial charge in [-0.15, -0.1) is 0 Å². The van der Waals surface area contributed by atoms with Gasteiger partial charge in [0, 0.05) is 16.6 Å². The molecular formula is C22H23NO2. The molecule has 1 saturated carbocycles. The molecule has 1 aliphatic rings. The van der Waals surface area contributed by atoms with Crippen molar-refractivity contribution in [3.05, 3.63) is 59.7 Å². The van der Waals surface area contributed by atoms with E-state index in [1.54, 1.807) is 0 Å². The lowest BCUT2D eigenvalue weighted by Gasteiger charge is -2.19. The zero-order valence-corrected chi connectivity index (χ0v) is 14.8. The van der Waals surface area contributed by atoms with E-state index in [-0.39, 0.29) is 17.3 Å². The van der Waals surface area contributed by atoms with Crippen molar-refractivity contribution in [3.63, 3.8) is 0 Å². The van der Waals surface area contributed by atoms with Crippen molar-refractivity contribution < 1.29 is 9.90 Å². The molecule has 0 amide bonds. The third-order valence-corrected chi connectivity index (χ3v) is 5.22. The Kier molecular flexibility index (Phi) is 3.50. The third-order valence-electron chi connectivity index (χ3n) is 5.22. The molecule has 1 fully saturated rings. The van der Waals surface area contributed by atoms with Gasteiger partial charge < -0.3 is 10.1 Å². The Bertz CT molecular complexity index is 962.